The lowest BCUT2D eigenvalue weighted by Gasteiger charge is -2.34. The van der Waals surface area contributed by atoms with Gasteiger partial charge in [-0.05, 0) is 18.1 Å². The molecule has 0 saturated carbocycles. The lowest BCUT2D eigenvalue weighted by atomic mass is 10.1. The van der Waals surface area contributed by atoms with Crippen molar-refractivity contribution in [1.29, 1.82) is 0 Å². The van der Waals surface area contributed by atoms with Gasteiger partial charge in [-0.1, -0.05) is 25.1 Å². The molecular formula is C18H28N4O2. The molecule has 1 aliphatic rings. The number of piperazine rings is 1. The number of carbonyl (C=O) groups is 2. The van der Waals surface area contributed by atoms with E-state index < -0.39 is 0 Å². The van der Waals surface area contributed by atoms with Crippen molar-refractivity contribution in [2.24, 2.45) is 0 Å². The normalized spacial score (nSPS) is 15.9. The van der Waals surface area contributed by atoms with Crippen LogP contribution in [0.3, 0.4) is 0 Å². The van der Waals surface area contributed by atoms with Crippen LogP contribution in [0.15, 0.2) is 24.3 Å². The van der Waals surface area contributed by atoms with Crippen molar-refractivity contribution >= 4 is 17.5 Å². The fourth-order valence-corrected chi connectivity index (χ4v) is 2.90. The van der Waals surface area contributed by atoms with E-state index in [2.05, 4.69) is 27.4 Å². The van der Waals surface area contributed by atoms with Crippen LogP contribution < -0.4 is 10.6 Å². The second-order valence-electron chi connectivity index (χ2n) is 6.16. The fraction of sp³-hybridized carbons (Fsp3) is 0.556. The third-order valence-corrected chi connectivity index (χ3v) is 4.31. The maximum Gasteiger partial charge on any atom is 0.238 e. The van der Waals surface area contributed by atoms with E-state index in [4.69, 9.17) is 0 Å². The van der Waals surface area contributed by atoms with Crippen LogP contribution in [0.5, 0.6) is 0 Å². The van der Waals surface area contributed by atoms with Gasteiger partial charge < -0.3 is 10.6 Å². The van der Waals surface area contributed by atoms with Gasteiger partial charge in [0.1, 0.15) is 0 Å². The van der Waals surface area contributed by atoms with Crippen LogP contribution in [-0.4, -0.2) is 67.4 Å². The number of amides is 2. The molecule has 1 aromatic rings. The first-order valence-corrected chi connectivity index (χ1v) is 8.65. The van der Waals surface area contributed by atoms with Crippen molar-refractivity contribution in [1.82, 2.24) is 15.1 Å². The Morgan fingerprint density at radius 1 is 1.08 bits per heavy atom. The van der Waals surface area contributed by atoms with Gasteiger partial charge in [-0.25, -0.2) is 0 Å². The third kappa shape index (κ3) is 5.94. The summed E-state index contributed by atoms with van der Waals surface area (Å²) in [7, 11) is 0. The molecule has 1 saturated heterocycles. The summed E-state index contributed by atoms with van der Waals surface area (Å²) in [6.07, 6.45) is 0.906. The standard InChI is InChI=1S/C18H28N4O2/c1-3-16-6-4-5-7-17(16)20-18(24)14-22-12-10-21(11-13-22)9-8-19-15(2)23/h4-7H,3,8-14H2,1-2H3,(H,19,23)(H,20,24). The summed E-state index contributed by atoms with van der Waals surface area (Å²) in [5.74, 6) is 0.0558. The molecule has 0 atom stereocenters. The zero-order valence-corrected chi connectivity index (χ0v) is 14.7. The highest BCUT2D eigenvalue weighted by atomic mass is 16.2. The minimum Gasteiger partial charge on any atom is -0.355 e. The van der Waals surface area contributed by atoms with E-state index in [1.807, 2.05) is 24.3 Å². The van der Waals surface area contributed by atoms with E-state index in [0.717, 1.165) is 50.4 Å². The quantitative estimate of drug-likeness (QED) is 0.780. The van der Waals surface area contributed by atoms with E-state index in [0.29, 0.717) is 13.1 Å². The Kier molecular flexibility index (Phi) is 7.21. The van der Waals surface area contributed by atoms with Crippen LogP contribution >= 0.6 is 0 Å². The monoisotopic (exact) mass is 332 g/mol. The van der Waals surface area contributed by atoms with Crippen LogP contribution in [0, 0.1) is 0 Å². The fourth-order valence-electron chi connectivity index (χ4n) is 2.90. The van der Waals surface area contributed by atoms with Crippen LogP contribution in [-0.2, 0) is 16.0 Å². The number of hydrogen-bond donors (Lipinski definition) is 2. The molecule has 2 rings (SSSR count). The number of anilines is 1. The maximum absolute atomic E-state index is 12.3. The van der Waals surface area contributed by atoms with Crippen LogP contribution in [0.2, 0.25) is 0 Å². The number of carbonyl (C=O) groups excluding carboxylic acids is 2. The zero-order chi connectivity index (χ0) is 17.4. The lowest BCUT2D eigenvalue weighted by Crippen LogP contribution is -2.50. The number of nitrogens with one attached hydrogen (secondary N) is 2. The first kappa shape index (κ1) is 18.4. The molecule has 0 aliphatic carbocycles. The van der Waals surface area contributed by atoms with Gasteiger partial charge in [0.05, 0.1) is 6.54 Å². The molecule has 24 heavy (non-hydrogen) atoms. The smallest absolute Gasteiger partial charge is 0.238 e. The number of para-hydroxylation sites is 1. The minimum absolute atomic E-state index is 0.0117. The lowest BCUT2D eigenvalue weighted by molar-refractivity contribution is -0.119. The Morgan fingerprint density at radius 3 is 2.42 bits per heavy atom. The van der Waals surface area contributed by atoms with Crippen molar-refractivity contribution in [3.05, 3.63) is 29.8 Å². The summed E-state index contributed by atoms with van der Waals surface area (Å²) in [5, 5.41) is 5.84. The van der Waals surface area contributed by atoms with Gasteiger partial charge in [0.2, 0.25) is 11.8 Å². The molecule has 6 heteroatoms. The van der Waals surface area contributed by atoms with Gasteiger partial charge in [0, 0.05) is 51.9 Å². The highest BCUT2D eigenvalue weighted by molar-refractivity contribution is 5.93. The van der Waals surface area contributed by atoms with Gasteiger partial charge in [-0.2, -0.15) is 0 Å². The second kappa shape index (κ2) is 9.39. The topological polar surface area (TPSA) is 64.7 Å². The number of rotatable bonds is 7. The molecule has 1 heterocycles. The molecule has 1 fully saturated rings. The van der Waals surface area contributed by atoms with Gasteiger partial charge >= 0.3 is 0 Å². The van der Waals surface area contributed by atoms with E-state index >= 15 is 0 Å². The average Bonchev–Trinajstić information content (AvgIpc) is 2.56. The largest absolute Gasteiger partial charge is 0.355 e. The van der Waals surface area contributed by atoms with Crippen molar-refractivity contribution in [3.8, 4) is 0 Å². The summed E-state index contributed by atoms with van der Waals surface area (Å²) in [4.78, 5) is 27.6. The first-order valence-electron chi connectivity index (χ1n) is 8.65. The van der Waals surface area contributed by atoms with Crippen LogP contribution in [0.1, 0.15) is 19.4 Å². The Balaban J connectivity index is 1.71. The summed E-state index contributed by atoms with van der Waals surface area (Å²) >= 11 is 0. The Labute approximate surface area is 144 Å². The van der Waals surface area contributed by atoms with Gasteiger partial charge in [0.15, 0.2) is 0 Å². The molecule has 0 spiro atoms. The molecular weight excluding hydrogens is 304 g/mol. The molecule has 132 valence electrons. The van der Waals surface area contributed by atoms with Crippen molar-refractivity contribution in [3.63, 3.8) is 0 Å². The van der Waals surface area contributed by atoms with Crippen molar-refractivity contribution in [2.45, 2.75) is 20.3 Å². The van der Waals surface area contributed by atoms with E-state index in [1.165, 1.54) is 6.92 Å². The summed E-state index contributed by atoms with van der Waals surface area (Å²) in [6.45, 7) is 9.21. The molecule has 0 bridgehead atoms. The average molecular weight is 332 g/mol. The highest BCUT2D eigenvalue weighted by Crippen LogP contribution is 2.15. The van der Waals surface area contributed by atoms with Gasteiger partial charge in [0.25, 0.3) is 0 Å². The third-order valence-electron chi connectivity index (χ3n) is 4.31. The van der Waals surface area contributed by atoms with Gasteiger partial charge in [-0.15, -0.1) is 0 Å². The van der Waals surface area contributed by atoms with E-state index in [1.54, 1.807) is 0 Å². The molecule has 0 aromatic heterocycles. The first-order chi connectivity index (χ1) is 11.6. The van der Waals surface area contributed by atoms with E-state index in [9.17, 15) is 9.59 Å². The summed E-state index contributed by atoms with van der Waals surface area (Å²) in [5.41, 5.74) is 2.08. The minimum atomic E-state index is 0.0117. The molecule has 6 nitrogen and oxygen atoms in total. The number of aryl methyl sites for hydroxylation is 1. The Morgan fingerprint density at radius 2 is 1.75 bits per heavy atom. The predicted octanol–water partition coefficient (Wildman–Crippen LogP) is 0.941. The van der Waals surface area contributed by atoms with Crippen molar-refractivity contribution < 1.29 is 9.59 Å². The van der Waals surface area contributed by atoms with Crippen LogP contribution in [0.25, 0.3) is 0 Å². The molecule has 2 N–H and O–H groups in total. The Bertz CT molecular complexity index is 554. The molecule has 0 radical (unpaired) electrons. The second-order valence-corrected chi connectivity index (χ2v) is 6.16. The summed E-state index contributed by atoms with van der Waals surface area (Å²) in [6, 6.07) is 7.94. The SMILES string of the molecule is CCc1ccccc1NC(=O)CN1CCN(CCNC(C)=O)CC1. The molecule has 1 aliphatic heterocycles. The van der Waals surface area contributed by atoms with E-state index in [-0.39, 0.29) is 11.8 Å². The van der Waals surface area contributed by atoms with Gasteiger partial charge in [-0.3, -0.25) is 19.4 Å². The molecule has 0 unspecified atom stereocenters. The predicted molar refractivity (Wildman–Crippen MR) is 96.0 cm³/mol. The highest BCUT2D eigenvalue weighted by Gasteiger charge is 2.19. The molecule has 2 amide bonds. The number of nitrogens with zero attached hydrogens (tertiary/aromatic N) is 2. The van der Waals surface area contributed by atoms with Crippen LogP contribution in [0.4, 0.5) is 5.69 Å². The van der Waals surface area contributed by atoms with Crippen molar-refractivity contribution in [2.75, 3.05) is 51.1 Å². The zero-order valence-electron chi connectivity index (χ0n) is 14.7. The Hall–Kier alpha value is -1.92. The number of benzene rings is 1. The maximum atomic E-state index is 12.3. The number of hydrogen-bond acceptors (Lipinski definition) is 4. The molecule has 1 aromatic carbocycles. The summed E-state index contributed by atoms with van der Waals surface area (Å²) < 4.78 is 0.